The van der Waals surface area contributed by atoms with Gasteiger partial charge in [0, 0.05) is 22.2 Å². The maximum absolute atomic E-state index is 6.54. The number of aryl methyl sites for hydroxylation is 1. The molecule has 0 fully saturated rings. The summed E-state index contributed by atoms with van der Waals surface area (Å²) < 4.78 is 8.74. The van der Waals surface area contributed by atoms with Crippen LogP contribution < -0.4 is 0 Å². The second kappa shape index (κ2) is 7.67. The predicted octanol–water partition coefficient (Wildman–Crippen LogP) is 7.96. The molecule has 0 N–H and O–H groups in total. The average molecular weight is 452 g/mol. The molecule has 0 atom stereocenters. The highest BCUT2D eigenvalue weighted by Gasteiger charge is 2.20. The summed E-state index contributed by atoms with van der Waals surface area (Å²) in [5, 5.41) is 2.18. The van der Waals surface area contributed by atoms with Gasteiger partial charge in [-0.2, -0.15) is 0 Å². The molecule has 0 unspecified atom stereocenters. The molecule has 3 aromatic heterocycles. The first-order valence-corrected chi connectivity index (χ1v) is 11.7. The van der Waals surface area contributed by atoms with Crippen LogP contribution in [0.3, 0.4) is 0 Å². The summed E-state index contributed by atoms with van der Waals surface area (Å²) in [4.78, 5) is 9.51. The first kappa shape index (κ1) is 19.7. The summed E-state index contributed by atoms with van der Waals surface area (Å²) in [5.41, 5.74) is 8.86. The number of hydrogen-bond acceptors (Lipinski definition) is 3. The Morgan fingerprint density at radius 2 is 1.51 bits per heavy atom. The molecule has 0 aliphatic carbocycles. The van der Waals surface area contributed by atoms with E-state index in [1.54, 1.807) is 0 Å². The van der Waals surface area contributed by atoms with Crippen molar-refractivity contribution in [3.8, 4) is 28.2 Å². The summed E-state index contributed by atoms with van der Waals surface area (Å²) >= 11 is 0. The van der Waals surface area contributed by atoms with Gasteiger partial charge < -0.3 is 4.42 Å². The van der Waals surface area contributed by atoms with Crippen LogP contribution in [0.4, 0.5) is 0 Å². The van der Waals surface area contributed by atoms with Crippen LogP contribution in [-0.2, 0) is 0 Å². The fraction of sp³-hybridized carbons (Fsp3) is 0.0323. The van der Waals surface area contributed by atoms with Gasteiger partial charge in [-0.15, -0.1) is 0 Å². The third-order valence-electron chi connectivity index (χ3n) is 6.54. The molecule has 0 aliphatic heterocycles. The fourth-order valence-electron chi connectivity index (χ4n) is 4.89. The quantitative estimate of drug-likeness (QED) is 0.274. The van der Waals surface area contributed by atoms with Gasteiger partial charge in [-0.1, -0.05) is 66.7 Å². The molecule has 7 rings (SSSR count). The molecule has 0 radical (unpaired) electrons. The third kappa shape index (κ3) is 3.15. The molecule has 0 spiro atoms. The van der Waals surface area contributed by atoms with Crippen molar-refractivity contribution in [1.82, 2.24) is 14.5 Å². The van der Waals surface area contributed by atoms with Crippen molar-refractivity contribution >= 4 is 33.0 Å². The lowest BCUT2D eigenvalue weighted by Crippen LogP contribution is -1.97. The zero-order valence-electron chi connectivity index (χ0n) is 19.1. The van der Waals surface area contributed by atoms with Crippen LogP contribution in [0.25, 0.3) is 61.2 Å². The number of benzene rings is 4. The fourth-order valence-corrected chi connectivity index (χ4v) is 4.89. The zero-order valence-corrected chi connectivity index (χ0v) is 19.1. The van der Waals surface area contributed by atoms with E-state index in [2.05, 4.69) is 88.4 Å². The van der Waals surface area contributed by atoms with Crippen molar-refractivity contribution in [2.75, 3.05) is 0 Å². The Morgan fingerprint density at radius 3 is 2.34 bits per heavy atom. The Bertz CT molecular complexity index is 1850. The van der Waals surface area contributed by atoms with Crippen molar-refractivity contribution in [2.24, 2.45) is 0 Å². The van der Waals surface area contributed by atoms with Crippen LogP contribution in [0.15, 0.2) is 114 Å². The number of fused-ring (bicyclic) bond motifs is 4. The first-order chi connectivity index (χ1) is 17.3. The van der Waals surface area contributed by atoms with E-state index in [0.29, 0.717) is 0 Å². The number of rotatable bonds is 3. The van der Waals surface area contributed by atoms with E-state index in [9.17, 15) is 0 Å². The number of hydrogen-bond donors (Lipinski definition) is 0. The number of pyridine rings is 1. The molecule has 4 heteroatoms. The number of furan rings is 1. The number of para-hydroxylation sites is 2. The van der Waals surface area contributed by atoms with Crippen molar-refractivity contribution in [1.29, 1.82) is 0 Å². The van der Waals surface area contributed by atoms with Crippen LogP contribution in [0.5, 0.6) is 0 Å². The second-order valence-electron chi connectivity index (χ2n) is 8.78. The maximum atomic E-state index is 6.54. The summed E-state index contributed by atoms with van der Waals surface area (Å²) in [5.74, 6) is 0.839. The maximum Gasteiger partial charge on any atom is 0.149 e. The van der Waals surface area contributed by atoms with E-state index in [1.165, 1.54) is 5.56 Å². The Kier molecular flexibility index (Phi) is 4.33. The Balaban J connectivity index is 1.51. The van der Waals surface area contributed by atoms with Gasteiger partial charge in [0.25, 0.3) is 0 Å². The van der Waals surface area contributed by atoms with Gasteiger partial charge in [0.05, 0.1) is 17.3 Å². The molecular weight excluding hydrogens is 430 g/mol. The second-order valence-corrected chi connectivity index (χ2v) is 8.78. The lowest BCUT2D eigenvalue weighted by molar-refractivity contribution is 0.669. The summed E-state index contributed by atoms with van der Waals surface area (Å²) in [6.07, 6.45) is 1.85. The number of imidazole rings is 1. The van der Waals surface area contributed by atoms with Gasteiger partial charge in [-0.25, -0.2) is 4.98 Å². The van der Waals surface area contributed by atoms with Crippen molar-refractivity contribution in [2.45, 2.75) is 6.92 Å². The molecule has 0 saturated carbocycles. The van der Waals surface area contributed by atoms with Crippen molar-refractivity contribution in [3.05, 3.63) is 115 Å². The lowest BCUT2D eigenvalue weighted by atomic mass is 10.0. The van der Waals surface area contributed by atoms with Gasteiger partial charge in [-0.05, 0) is 54.4 Å². The Hall–Kier alpha value is -4.70. The summed E-state index contributed by atoms with van der Waals surface area (Å²) in [6.45, 7) is 2.01. The highest BCUT2D eigenvalue weighted by Crippen LogP contribution is 2.38. The van der Waals surface area contributed by atoms with Crippen LogP contribution in [0.1, 0.15) is 5.69 Å². The van der Waals surface area contributed by atoms with Crippen molar-refractivity contribution in [3.63, 3.8) is 0 Å². The van der Waals surface area contributed by atoms with Gasteiger partial charge in [-0.3, -0.25) is 9.55 Å². The van der Waals surface area contributed by atoms with E-state index >= 15 is 0 Å². The summed E-state index contributed by atoms with van der Waals surface area (Å²) in [6, 6.07) is 35.5. The Labute approximate surface area is 202 Å². The minimum absolute atomic E-state index is 0.838. The Morgan fingerprint density at radius 1 is 0.714 bits per heavy atom. The largest absolute Gasteiger partial charge is 0.455 e. The topological polar surface area (TPSA) is 43.9 Å². The third-order valence-corrected chi connectivity index (χ3v) is 6.54. The molecule has 0 aliphatic rings. The molecule has 7 aromatic rings. The standard InChI is InChI=1S/C31H21N3O/c1-20-17-28-27(19-32-20)33-31(34(28)23-11-6-3-7-12-23)26-14-8-13-25-24-16-15-22(18-29(24)35-30(25)26)21-9-4-2-5-10-21/h2-19H,1H3. The monoisotopic (exact) mass is 451 g/mol. The predicted molar refractivity (Wildman–Crippen MR) is 142 cm³/mol. The van der Waals surface area contributed by atoms with Gasteiger partial charge in [0.2, 0.25) is 0 Å². The molecule has 0 saturated heterocycles. The molecule has 3 heterocycles. The van der Waals surface area contributed by atoms with E-state index in [-0.39, 0.29) is 0 Å². The average Bonchev–Trinajstić information content (AvgIpc) is 3.47. The lowest BCUT2D eigenvalue weighted by Gasteiger charge is -2.10. The van der Waals surface area contributed by atoms with Crippen LogP contribution >= 0.6 is 0 Å². The zero-order chi connectivity index (χ0) is 23.4. The molecule has 4 nitrogen and oxygen atoms in total. The minimum atomic E-state index is 0.838. The normalized spacial score (nSPS) is 11.6. The highest BCUT2D eigenvalue weighted by molar-refractivity contribution is 6.10. The molecule has 166 valence electrons. The van der Waals surface area contributed by atoms with Crippen LogP contribution in [-0.4, -0.2) is 14.5 Å². The van der Waals surface area contributed by atoms with Crippen molar-refractivity contribution < 1.29 is 4.42 Å². The smallest absolute Gasteiger partial charge is 0.149 e. The van der Waals surface area contributed by atoms with E-state index in [0.717, 1.165) is 61.3 Å². The minimum Gasteiger partial charge on any atom is -0.455 e. The first-order valence-electron chi connectivity index (χ1n) is 11.7. The number of nitrogens with zero attached hydrogens (tertiary/aromatic N) is 3. The van der Waals surface area contributed by atoms with E-state index < -0.39 is 0 Å². The van der Waals surface area contributed by atoms with Crippen LogP contribution in [0.2, 0.25) is 0 Å². The van der Waals surface area contributed by atoms with Crippen LogP contribution in [0, 0.1) is 6.92 Å². The highest BCUT2D eigenvalue weighted by atomic mass is 16.3. The SMILES string of the molecule is Cc1cc2c(cn1)nc(-c1cccc3c1oc1cc(-c4ccccc4)ccc13)n2-c1ccccc1. The molecular formula is C31H21N3O. The molecule has 0 bridgehead atoms. The van der Waals surface area contributed by atoms with E-state index in [4.69, 9.17) is 9.40 Å². The molecule has 0 amide bonds. The van der Waals surface area contributed by atoms with E-state index in [1.807, 2.05) is 37.4 Å². The summed E-state index contributed by atoms with van der Waals surface area (Å²) in [7, 11) is 0. The number of aromatic nitrogens is 3. The molecule has 35 heavy (non-hydrogen) atoms. The molecule has 4 aromatic carbocycles. The van der Waals surface area contributed by atoms with Gasteiger partial charge in [0.15, 0.2) is 0 Å². The van der Waals surface area contributed by atoms with Gasteiger partial charge in [0.1, 0.15) is 22.5 Å². The van der Waals surface area contributed by atoms with Gasteiger partial charge >= 0.3 is 0 Å².